The minimum absolute atomic E-state index is 0.173. The van der Waals surface area contributed by atoms with Crippen LogP contribution < -0.4 is 14.5 Å². The molecule has 0 aromatic heterocycles. The van der Waals surface area contributed by atoms with E-state index < -0.39 is 0 Å². The van der Waals surface area contributed by atoms with E-state index in [9.17, 15) is 0 Å². The molecule has 1 aliphatic heterocycles. The number of fused-ring (bicyclic) bond motifs is 1. The lowest BCUT2D eigenvalue weighted by Crippen LogP contribution is -2.28. The van der Waals surface area contributed by atoms with Gasteiger partial charge in [0, 0.05) is 18.0 Å². The Morgan fingerprint density at radius 3 is 2.50 bits per heavy atom. The average molecular weight is 380 g/mol. The number of hydrogen-bond acceptors (Lipinski definition) is 5. The lowest BCUT2D eigenvalue weighted by atomic mass is 9.81. The smallest absolute Gasteiger partial charge is 0.147 e. The number of anilines is 1. The normalized spacial score (nSPS) is 14.7. The Balaban J connectivity index is 1.90. The number of benzene rings is 2. The number of hydrogen-bond donors (Lipinski definition) is 0. The van der Waals surface area contributed by atoms with E-state index in [1.807, 2.05) is 29.4 Å². The number of ether oxygens (including phenoxy) is 2. The summed E-state index contributed by atoms with van der Waals surface area (Å²) in [5.41, 5.74) is 5.31. The van der Waals surface area contributed by atoms with Gasteiger partial charge in [0.2, 0.25) is 0 Å². The second-order valence-electron chi connectivity index (χ2n) is 7.33. The van der Waals surface area contributed by atoms with Crippen LogP contribution in [0.15, 0.2) is 46.5 Å². The number of methoxy groups -OCH3 is 2. The van der Waals surface area contributed by atoms with Crippen molar-refractivity contribution in [3.63, 3.8) is 0 Å². The van der Waals surface area contributed by atoms with Gasteiger partial charge in [-0.1, -0.05) is 32.9 Å². The van der Waals surface area contributed by atoms with Crippen molar-refractivity contribution in [2.75, 3.05) is 25.8 Å². The molecule has 5 heteroatoms. The summed E-state index contributed by atoms with van der Waals surface area (Å²) in [5, 5.41) is 6.65. The average Bonchev–Trinajstić information content (AvgIpc) is 2.97. The van der Waals surface area contributed by atoms with Crippen LogP contribution in [0.25, 0.3) is 0 Å². The minimum Gasteiger partial charge on any atom is -0.497 e. The van der Waals surface area contributed by atoms with Crippen LogP contribution >= 0.6 is 0 Å². The van der Waals surface area contributed by atoms with Crippen LogP contribution in [0, 0.1) is 0 Å². The zero-order valence-electron chi connectivity index (χ0n) is 17.6. The second kappa shape index (κ2) is 8.05. The molecule has 0 saturated heterocycles. The number of aryl methyl sites for hydroxylation is 1. The van der Waals surface area contributed by atoms with Gasteiger partial charge in [0.25, 0.3) is 0 Å². The summed E-state index contributed by atoms with van der Waals surface area (Å²) in [5.74, 6) is 1.48. The van der Waals surface area contributed by atoms with Crippen LogP contribution in [0.4, 0.5) is 11.4 Å². The van der Waals surface area contributed by atoms with Gasteiger partial charge in [0.05, 0.1) is 31.8 Å². The van der Waals surface area contributed by atoms with Crippen molar-refractivity contribution in [2.24, 2.45) is 10.1 Å². The molecule has 3 rings (SSSR count). The van der Waals surface area contributed by atoms with Crippen molar-refractivity contribution in [3.05, 3.63) is 47.5 Å². The molecule has 0 saturated carbocycles. The predicted molar refractivity (Wildman–Crippen MR) is 117 cm³/mol. The third-order valence-electron chi connectivity index (χ3n) is 5.31. The monoisotopic (exact) mass is 379 g/mol. The van der Waals surface area contributed by atoms with Crippen LogP contribution in [-0.4, -0.2) is 32.7 Å². The largest absolute Gasteiger partial charge is 0.497 e. The van der Waals surface area contributed by atoms with E-state index in [-0.39, 0.29) is 5.41 Å². The van der Waals surface area contributed by atoms with E-state index in [0.29, 0.717) is 6.54 Å². The Labute approximate surface area is 167 Å². The molecule has 0 amide bonds. The lowest BCUT2D eigenvalue weighted by Gasteiger charge is -2.23. The quantitative estimate of drug-likeness (QED) is 0.494. The highest BCUT2D eigenvalue weighted by Gasteiger charge is 2.34. The minimum atomic E-state index is -0.173. The fourth-order valence-electron chi connectivity index (χ4n) is 3.44. The predicted octanol–water partition coefficient (Wildman–Crippen LogP) is 5.14. The molecule has 0 atom stereocenters. The second-order valence-corrected chi connectivity index (χ2v) is 7.33. The van der Waals surface area contributed by atoms with E-state index in [4.69, 9.17) is 19.6 Å². The standard InChI is InChI=1S/C23H29N3O2/c1-7-16-9-11-19-18(13-16)23(3,4)22(25-19)15-24-26(8-2)20-12-10-17(27-5)14-21(20)28-6/h9-15H,7-8H2,1-6H3. The van der Waals surface area contributed by atoms with Crippen LogP contribution in [0.5, 0.6) is 11.5 Å². The van der Waals surface area contributed by atoms with Crippen LogP contribution in [-0.2, 0) is 11.8 Å². The highest BCUT2D eigenvalue weighted by Crippen LogP contribution is 2.40. The first-order valence-corrected chi connectivity index (χ1v) is 9.70. The summed E-state index contributed by atoms with van der Waals surface area (Å²) in [7, 11) is 3.30. The Hall–Kier alpha value is -2.82. The van der Waals surface area contributed by atoms with E-state index >= 15 is 0 Å². The Morgan fingerprint density at radius 1 is 1.07 bits per heavy atom. The highest BCUT2D eigenvalue weighted by molar-refractivity contribution is 6.36. The molecule has 0 N–H and O–H groups in total. The highest BCUT2D eigenvalue weighted by atomic mass is 16.5. The summed E-state index contributed by atoms with van der Waals surface area (Å²) in [4.78, 5) is 4.84. The molecular formula is C23H29N3O2. The summed E-state index contributed by atoms with van der Waals surface area (Å²) >= 11 is 0. The van der Waals surface area contributed by atoms with Crippen molar-refractivity contribution in [1.29, 1.82) is 0 Å². The van der Waals surface area contributed by atoms with Gasteiger partial charge >= 0.3 is 0 Å². The zero-order chi connectivity index (χ0) is 20.3. The van der Waals surface area contributed by atoms with Crippen molar-refractivity contribution in [2.45, 2.75) is 39.5 Å². The molecule has 2 aromatic rings. The fraction of sp³-hybridized carbons (Fsp3) is 0.391. The number of aliphatic imine (C=N–C) groups is 1. The number of hydrazone groups is 1. The molecule has 2 aromatic carbocycles. The fourth-order valence-corrected chi connectivity index (χ4v) is 3.44. The van der Waals surface area contributed by atoms with E-state index in [0.717, 1.165) is 35.0 Å². The first-order chi connectivity index (χ1) is 13.4. The topological polar surface area (TPSA) is 46.4 Å². The molecule has 0 radical (unpaired) electrons. The molecule has 1 heterocycles. The van der Waals surface area contributed by atoms with Gasteiger partial charge in [0.15, 0.2) is 0 Å². The SMILES string of the molecule is CCc1ccc2c(c1)C(C)(C)C(C=NN(CC)c1ccc(OC)cc1OC)=N2. The Bertz CT molecular complexity index is 916. The van der Waals surface area contributed by atoms with Crippen molar-refractivity contribution < 1.29 is 9.47 Å². The Morgan fingerprint density at radius 2 is 1.86 bits per heavy atom. The maximum atomic E-state index is 5.53. The van der Waals surface area contributed by atoms with Gasteiger partial charge in [0.1, 0.15) is 17.2 Å². The maximum absolute atomic E-state index is 5.53. The molecule has 28 heavy (non-hydrogen) atoms. The molecule has 0 fully saturated rings. The molecule has 1 aliphatic rings. The third-order valence-corrected chi connectivity index (χ3v) is 5.31. The number of nitrogens with zero attached hydrogens (tertiary/aromatic N) is 3. The van der Waals surface area contributed by atoms with Crippen LogP contribution in [0.3, 0.4) is 0 Å². The molecular weight excluding hydrogens is 350 g/mol. The molecule has 0 unspecified atom stereocenters. The van der Waals surface area contributed by atoms with Gasteiger partial charge in [-0.2, -0.15) is 5.10 Å². The van der Waals surface area contributed by atoms with Crippen LogP contribution in [0.2, 0.25) is 0 Å². The molecule has 5 nitrogen and oxygen atoms in total. The molecule has 148 valence electrons. The van der Waals surface area contributed by atoms with E-state index in [1.54, 1.807) is 14.2 Å². The first-order valence-electron chi connectivity index (χ1n) is 9.70. The van der Waals surface area contributed by atoms with Crippen molar-refractivity contribution >= 4 is 23.3 Å². The van der Waals surface area contributed by atoms with Gasteiger partial charge in [-0.25, -0.2) is 0 Å². The Kier molecular flexibility index (Phi) is 5.73. The third kappa shape index (κ3) is 3.61. The van der Waals surface area contributed by atoms with Gasteiger partial charge < -0.3 is 9.47 Å². The van der Waals surface area contributed by atoms with E-state index in [1.165, 1.54) is 11.1 Å². The van der Waals surface area contributed by atoms with Gasteiger partial charge in [-0.05, 0) is 42.7 Å². The first kappa shape index (κ1) is 19.9. The summed E-state index contributed by atoms with van der Waals surface area (Å²) in [6, 6.07) is 12.3. The van der Waals surface area contributed by atoms with Crippen LogP contribution in [0.1, 0.15) is 38.8 Å². The lowest BCUT2D eigenvalue weighted by molar-refractivity contribution is 0.394. The van der Waals surface area contributed by atoms with Gasteiger partial charge in [-0.15, -0.1) is 0 Å². The number of rotatable bonds is 7. The maximum Gasteiger partial charge on any atom is 0.147 e. The molecule has 0 aliphatic carbocycles. The summed E-state index contributed by atoms with van der Waals surface area (Å²) in [6.07, 6.45) is 2.90. The molecule has 0 spiro atoms. The van der Waals surface area contributed by atoms with E-state index in [2.05, 4.69) is 45.9 Å². The zero-order valence-corrected chi connectivity index (χ0v) is 17.6. The van der Waals surface area contributed by atoms with Gasteiger partial charge in [-0.3, -0.25) is 10.0 Å². The van der Waals surface area contributed by atoms with Crippen molar-refractivity contribution in [1.82, 2.24) is 0 Å². The molecule has 0 bridgehead atoms. The summed E-state index contributed by atoms with van der Waals surface area (Å²) < 4.78 is 10.8. The van der Waals surface area contributed by atoms with Crippen molar-refractivity contribution in [3.8, 4) is 11.5 Å². The summed E-state index contributed by atoms with van der Waals surface area (Å²) in [6.45, 7) is 9.35.